The summed E-state index contributed by atoms with van der Waals surface area (Å²) in [6.07, 6.45) is 4.85. The van der Waals surface area contributed by atoms with E-state index in [9.17, 15) is 62.8 Å². The summed E-state index contributed by atoms with van der Waals surface area (Å²) in [5, 5.41) is 22.7. The summed E-state index contributed by atoms with van der Waals surface area (Å²) in [6.45, 7) is 9.26. The van der Waals surface area contributed by atoms with Crippen LogP contribution in [0.5, 0.6) is 0 Å². The van der Waals surface area contributed by atoms with Crippen LogP contribution in [0.2, 0.25) is 15.1 Å². The Bertz CT molecular complexity index is 5120. The minimum Gasteiger partial charge on any atom is -0.463 e. The SMILES string of the molecule is CCOC(=O)C1=C(CN2CCS(=O)(=O)CC2C(=O)NC(C)C)NC(c2nccs2)=NC1c1ccc(Cl)cc1Cl.CCOC(=O)C1=C(CN2CCS(=O)(=O)CC2C(=O)NC)NC(c2nccs2)=NC1c1ccc(F)cc1Cl.CCOC(=O)C1=C(CN2CCS(=O)(=O)CC2C(N)=O)NC(c2nccs2)=NC1c1ccc(F)cc1Br. The van der Waals surface area contributed by atoms with Crippen molar-refractivity contribution in [3.63, 3.8) is 0 Å². The molecule has 6 aliphatic rings. The Labute approximate surface area is 679 Å². The van der Waals surface area contributed by atoms with Crippen molar-refractivity contribution in [1.29, 1.82) is 0 Å². The summed E-state index contributed by atoms with van der Waals surface area (Å²) in [5.41, 5.74) is 8.59. The quantitative estimate of drug-likeness (QED) is 0.0325. The van der Waals surface area contributed by atoms with E-state index in [4.69, 9.17) is 69.7 Å². The van der Waals surface area contributed by atoms with E-state index in [0.717, 1.165) is 6.07 Å². The van der Waals surface area contributed by atoms with Crippen LogP contribution in [-0.4, -0.2) is 233 Å². The van der Waals surface area contributed by atoms with E-state index < -0.39 is 119 Å². The second-order valence-electron chi connectivity index (χ2n) is 25.8. The van der Waals surface area contributed by atoms with Gasteiger partial charge in [-0.1, -0.05) is 68.9 Å². The summed E-state index contributed by atoms with van der Waals surface area (Å²) in [4.78, 5) is 110. The number of aliphatic imine (C=N–C) groups is 3. The molecule has 0 bridgehead atoms. The van der Waals surface area contributed by atoms with Crippen molar-refractivity contribution in [2.45, 2.75) is 76.9 Å². The lowest BCUT2D eigenvalue weighted by Gasteiger charge is -2.37. The maximum atomic E-state index is 13.9. The van der Waals surface area contributed by atoms with Crippen LogP contribution in [0.25, 0.3) is 0 Å². The van der Waals surface area contributed by atoms with Crippen LogP contribution >= 0.6 is 84.7 Å². The highest BCUT2D eigenvalue weighted by atomic mass is 79.9. The van der Waals surface area contributed by atoms with Gasteiger partial charge in [0, 0.05) is 135 Å². The zero-order valence-electron chi connectivity index (χ0n) is 60.8. The highest BCUT2D eigenvalue weighted by Crippen LogP contribution is 2.42. The molecule has 6 aromatic rings. The molecule has 30 nitrogen and oxygen atoms in total. The van der Waals surface area contributed by atoms with Gasteiger partial charge in [-0.2, -0.15) is 0 Å². The zero-order valence-corrected chi connectivity index (χ0v) is 69.5. The minimum absolute atomic E-state index is 0.00299. The third-order valence-electron chi connectivity index (χ3n) is 17.9. The fourth-order valence-electron chi connectivity index (χ4n) is 12.7. The minimum atomic E-state index is -3.44. The average molecular weight is 1790 g/mol. The first-order valence-electron chi connectivity index (χ1n) is 34.7. The number of nitrogens with zero attached hydrogens (tertiary/aromatic N) is 9. The summed E-state index contributed by atoms with van der Waals surface area (Å²) in [6, 6.07) is 6.94. The van der Waals surface area contributed by atoms with Crippen molar-refractivity contribution in [3.05, 3.63) is 186 Å². The van der Waals surface area contributed by atoms with Crippen molar-refractivity contribution in [2.24, 2.45) is 20.7 Å². The van der Waals surface area contributed by atoms with Gasteiger partial charge in [-0.05, 0) is 76.6 Å². The molecule has 0 saturated carbocycles. The molecule has 0 spiro atoms. The predicted molar refractivity (Wildman–Crippen MR) is 425 cm³/mol. The van der Waals surface area contributed by atoms with Crippen molar-refractivity contribution >= 4 is 167 Å². The second-order valence-corrected chi connectivity index (χ2v) is 37.3. The first kappa shape index (κ1) is 86.3. The number of esters is 3. The Morgan fingerprint density at radius 3 is 1.26 bits per heavy atom. The molecule has 0 aliphatic carbocycles. The lowest BCUT2D eigenvalue weighted by Crippen LogP contribution is -2.57. The molecule has 12 rings (SSSR count). The van der Waals surface area contributed by atoms with Gasteiger partial charge in [0.2, 0.25) is 17.7 Å². The summed E-state index contributed by atoms with van der Waals surface area (Å²) in [7, 11) is -8.86. The monoisotopic (exact) mass is 1780 g/mol. The van der Waals surface area contributed by atoms with Gasteiger partial charge >= 0.3 is 17.9 Å². The fourth-order valence-corrected chi connectivity index (χ4v) is 20.4. The van der Waals surface area contributed by atoms with Crippen molar-refractivity contribution in [1.82, 2.24) is 56.2 Å². The number of amidine groups is 3. The van der Waals surface area contributed by atoms with E-state index in [1.54, 1.807) is 102 Å². The number of halogens is 6. The number of likely N-dealkylation sites (N-methyl/N-ethyl adjacent to an activating group) is 1. The first-order chi connectivity index (χ1) is 53.2. The molecular formula is C70H77BrCl3F2N15O15S6. The van der Waals surface area contributed by atoms with Crippen LogP contribution in [-0.2, 0) is 72.5 Å². The van der Waals surface area contributed by atoms with Crippen molar-refractivity contribution in [2.75, 3.05) is 101 Å². The maximum Gasteiger partial charge on any atom is 0.338 e. The molecule has 0 radical (unpaired) electrons. The zero-order chi connectivity index (χ0) is 81.1. The van der Waals surface area contributed by atoms with E-state index in [2.05, 4.69) is 57.5 Å². The maximum absolute atomic E-state index is 13.9. The van der Waals surface area contributed by atoms with Gasteiger partial charge in [0.25, 0.3) is 0 Å². The van der Waals surface area contributed by atoms with E-state index in [0.29, 0.717) is 80.8 Å². The normalized spacial score (nSPS) is 21.7. The molecule has 6 aliphatic heterocycles. The third-order valence-corrected chi connectivity index (χ3v) is 26.7. The molecule has 3 amide bonds. The number of nitrogens with one attached hydrogen (secondary N) is 5. The highest BCUT2D eigenvalue weighted by molar-refractivity contribution is 9.10. The van der Waals surface area contributed by atoms with Gasteiger partial charge < -0.3 is 46.5 Å². The Kier molecular flexibility index (Phi) is 29.2. The number of nitrogens with two attached hydrogens (primary N) is 1. The molecule has 9 heterocycles. The number of hydrogen-bond donors (Lipinski definition) is 6. The smallest absolute Gasteiger partial charge is 0.338 e. The number of rotatable bonds is 22. The van der Waals surface area contributed by atoms with Crippen LogP contribution in [0.4, 0.5) is 8.78 Å². The number of amides is 3. The van der Waals surface area contributed by atoms with Crippen LogP contribution in [0.15, 0.2) is 143 Å². The van der Waals surface area contributed by atoms with E-state index in [1.807, 2.05) is 0 Å². The molecule has 3 aromatic heterocycles. The number of primary amides is 1. The number of aromatic nitrogens is 3. The van der Waals surface area contributed by atoms with Crippen LogP contribution < -0.4 is 32.3 Å². The Morgan fingerprint density at radius 2 is 0.911 bits per heavy atom. The summed E-state index contributed by atoms with van der Waals surface area (Å²) in [5.74, 6) is -4.92. The first-order valence-corrected chi connectivity index (χ1v) is 44.7. The standard InChI is InChI=1S/C25H29Cl2N5O5S2.C23H25ClFN5O5S2.C22H23BrFN5O5S2/c1-4-37-25(34)20-18(12-32-8-10-39(35,36)13-19(32)23(33)29-14(2)3)30-22(24-28-7-9-38-24)31-21(20)16-6-5-15(26)11-17(16)27;1-3-35-23(32)18-16(11-30-7-9-37(33,34)12-17(30)21(31)26-2)28-20(22-27-6-8-36-22)29-19(18)14-5-4-13(25)10-15(14)24;1-2-34-22(31)17-15(10-29-6-8-36(32,33)11-16(29)19(25)30)27-20(21-26-5-7-35-21)28-18(17)13-4-3-12(24)9-14(13)23/h5-7,9,11,14,19,21H,4,8,10,12-13H2,1-3H3,(H,29,33)(H,30,31);4-6,8,10,17,19H,3,7,9,11-12H2,1-2H3,(H,26,31)(H,28,29);3-5,7,9,16,18H,2,6,8,10-11H2,1H3,(H2,25,30)(H,27,28). The molecule has 3 saturated heterocycles. The molecule has 6 unspecified atom stereocenters. The number of carbonyl (C=O) groups is 6. The molecular weight excluding hydrogens is 1710 g/mol. The van der Waals surface area contributed by atoms with Crippen LogP contribution in [0, 0.1) is 11.6 Å². The van der Waals surface area contributed by atoms with E-state index in [1.165, 1.54) is 71.4 Å². The largest absolute Gasteiger partial charge is 0.463 e. The van der Waals surface area contributed by atoms with Gasteiger partial charge in [0.05, 0.1) is 71.1 Å². The van der Waals surface area contributed by atoms with Gasteiger partial charge in [0.15, 0.2) is 62.0 Å². The lowest BCUT2D eigenvalue weighted by atomic mass is 9.95. The molecule has 3 fully saturated rings. The Hall–Kier alpha value is -8.06. The summed E-state index contributed by atoms with van der Waals surface area (Å²) < 4.78 is 118. The predicted octanol–water partition coefficient (Wildman–Crippen LogP) is 6.21. The van der Waals surface area contributed by atoms with Crippen LogP contribution in [0.1, 0.15) is 84.5 Å². The van der Waals surface area contributed by atoms with Gasteiger partial charge in [-0.25, -0.2) is 63.4 Å². The Morgan fingerprint density at radius 1 is 0.554 bits per heavy atom. The number of hydrogen-bond acceptors (Lipinski definition) is 30. The third kappa shape index (κ3) is 21.5. The lowest BCUT2D eigenvalue weighted by molar-refractivity contribution is -0.139. The number of ether oxygens (including phenoxy) is 3. The topological polar surface area (TPSA) is 404 Å². The average Bonchev–Trinajstić information content (AvgIpc) is 1.11. The van der Waals surface area contributed by atoms with Crippen molar-refractivity contribution in [3.8, 4) is 0 Å². The molecule has 6 atom stereocenters. The van der Waals surface area contributed by atoms with Gasteiger partial charge in [-0.15, -0.1) is 34.0 Å². The number of sulfone groups is 3. The van der Waals surface area contributed by atoms with Gasteiger partial charge in [-0.3, -0.25) is 44.1 Å². The number of benzene rings is 3. The highest BCUT2D eigenvalue weighted by Gasteiger charge is 2.44. The summed E-state index contributed by atoms with van der Waals surface area (Å²) >= 11 is 26.5. The molecule has 7 N–H and O–H groups in total. The molecule has 112 heavy (non-hydrogen) atoms. The Balaban J connectivity index is 0.000000178. The number of carbonyl (C=O) groups excluding carboxylic acids is 6. The van der Waals surface area contributed by atoms with Crippen LogP contribution in [0.3, 0.4) is 0 Å². The van der Waals surface area contributed by atoms with E-state index >= 15 is 0 Å². The molecule has 42 heteroatoms. The molecule has 600 valence electrons. The van der Waals surface area contributed by atoms with Gasteiger partial charge in [0.1, 0.15) is 47.9 Å². The molecule has 3 aromatic carbocycles. The second kappa shape index (κ2) is 37.9. The van der Waals surface area contributed by atoms with E-state index in [-0.39, 0.29) is 116 Å². The fraction of sp³-hybridized carbons (Fsp3) is 0.400. The number of thiazole rings is 3. The van der Waals surface area contributed by atoms with Crippen molar-refractivity contribution < 1.29 is 77.0 Å².